The maximum atomic E-state index is 13.3. The molecule has 0 fully saturated rings. The molecule has 142 valence electrons. The zero-order valence-corrected chi connectivity index (χ0v) is 16.5. The van der Waals surface area contributed by atoms with Gasteiger partial charge in [-0.2, -0.15) is 5.10 Å². The molecule has 0 spiro atoms. The lowest BCUT2D eigenvalue weighted by molar-refractivity contribution is -0.120. The SMILES string of the molecule is CCCCC(CC)C(=O)Nc1cc(C(C)(C)C)nn1-c1ccc(F)cc1. The lowest BCUT2D eigenvalue weighted by atomic mass is 9.92. The summed E-state index contributed by atoms with van der Waals surface area (Å²) in [5.41, 5.74) is 1.44. The molecular formula is C21H30FN3O. The van der Waals surface area contributed by atoms with Crippen LogP contribution in [-0.2, 0) is 10.2 Å². The minimum Gasteiger partial charge on any atom is -0.310 e. The molecule has 1 aromatic carbocycles. The molecule has 0 radical (unpaired) electrons. The van der Waals surface area contributed by atoms with Crippen LogP contribution in [0.3, 0.4) is 0 Å². The standard InChI is InChI=1S/C21H30FN3O/c1-6-8-9-15(7-2)20(26)23-19-14-18(21(3,4)5)24-25(19)17-12-10-16(22)11-13-17/h10-15H,6-9H2,1-5H3,(H,23,26). The fourth-order valence-electron chi connectivity index (χ4n) is 2.82. The van der Waals surface area contributed by atoms with Crippen LogP contribution in [0, 0.1) is 11.7 Å². The van der Waals surface area contributed by atoms with Gasteiger partial charge in [-0.05, 0) is 37.1 Å². The van der Waals surface area contributed by atoms with Crippen molar-refractivity contribution in [3.63, 3.8) is 0 Å². The van der Waals surface area contributed by atoms with E-state index in [9.17, 15) is 9.18 Å². The molecule has 1 atom stereocenters. The summed E-state index contributed by atoms with van der Waals surface area (Å²) in [6.07, 6.45) is 3.81. The summed E-state index contributed by atoms with van der Waals surface area (Å²) >= 11 is 0. The van der Waals surface area contributed by atoms with Crippen molar-refractivity contribution in [1.29, 1.82) is 0 Å². The normalized spacial score (nSPS) is 12.8. The minimum atomic E-state index is -0.298. The van der Waals surface area contributed by atoms with E-state index in [4.69, 9.17) is 0 Å². The molecule has 2 rings (SSSR count). The molecule has 0 bridgehead atoms. The summed E-state index contributed by atoms with van der Waals surface area (Å²) in [5.74, 6) is 0.337. The molecule has 1 amide bonds. The van der Waals surface area contributed by atoms with Gasteiger partial charge in [0.15, 0.2) is 0 Å². The van der Waals surface area contributed by atoms with Crippen LogP contribution in [0.25, 0.3) is 5.69 Å². The van der Waals surface area contributed by atoms with Crippen LogP contribution in [0.5, 0.6) is 0 Å². The highest BCUT2D eigenvalue weighted by atomic mass is 19.1. The summed E-state index contributed by atoms with van der Waals surface area (Å²) in [5, 5.41) is 7.71. The van der Waals surface area contributed by atoms with Crippen molar-refractivity contribution in [1.82, 2.24) is 9.78 Å². The fraction of sp³-hybridized carbons (Fsp3) is 0.524. The number of carbonyl (C=O) groups is 1. The predicted octanol–water partition coefficient (Wildman–Crippen LogP) is 5.46. The Labute approximate surface area is 155 Å². The van der Waals surface area contributed by atoms with Gasteiger partial charge in [0.1, 0.15) is 11.6 Å². The molecule has 1 aromatic heterocycles. The molecule has 4 nitrogen and oxygen atoms in total. The van der Waals surface area contributed by atoms with E-state index in [1.807, 2.05) is 13.0 Å². The van der Waals surface area contributed by atoms with E-state index >= 15 is 0 Å². The van der Waals surface area contributed by atoms with Gasteiger partial charge < -0.3 is 5.32 Å². The number of anilines is 1. The van der Waals surface area contributed by atoms with Crippen molar-refractivity contribution < 1.29 is 9.18 Å². The number of hydrogen-bond acceptors (Lipinski definition) is 2. The molecule has 0 saturated heterocycles. The van der Waals surface area contributed by atoms with Crippen LogP contribution >= 0.6 is 0 Å². The zero-order valence-electron chi connectivity index (χ0n) is 16.5. The summed E-state index contributed by atoms with van der Waals surface area (Å²) in [4.78, 5) is 12.7. The molecule has 0 aliphatic carbocycles. The van der Waals surface area contributed by atoms with Crippen LogP contribution in [-0.4, -0.2) is 15.7 Å². The molecular weight excluding hydrogens is 329 g/mol. The first-order valence-electron chi connectivity index (χ1n) is 9.43. The molecule has 1 heterocycles. The van der Waals surface area contributed by atoms with Gasteiger partial charge in [-0.1, -0.05) is 47.5 Å². The molecule has 1 N–H and O–H groups in total. The Balaban J connectivity index is 2.35. The third kappa shape index (κ3) is 4.93. The van der Waals surface area contributed by atoms with Crippen molar-refractivity contribution in [2.75, 3.05) is 5.32 Å². The highest BCUT2D eigenvalue weighted by molar-refractivity contribution is 5.92. The van der Waals surface area contributed by atoms with Crippen LogP contribution in [0.1, 0.15) is 66.0 Å². The predicted molar refractivity (Wildman–Crippen MR) is 104 cm³/mol. The number of unbranched alkanes of at least 4 members (excludes halogenated alkanes) is 1. The summed E-state index contributed by atoms with van der Waals surface area (Å²) in [6, 6.07) is 8.04. The van der Waals surface area contributed by atoms with E-state index in [1.165, 1.54) is 12.1 Å². The van der Waals surface area contributed by atoms with E-state index in [-0.39, 0.29) is 23.1 Å². The van der Waals surface area contributed by atoms with E-state index in [0.717, 1.165) is 37.1 Å². The van der Waals surface area contributed by atoms with Gasteiger partial charge in [-0.3, -0.25) is 4.79 Å². The molecule has 0 saturated carbocycles. The largest absolute Gasteiger partial charge is 0.310 e. The first kappa shape index (κ1) is 20.1. The number of nitrogens with one attached hydrogen (secondary N) is 1. The van der Waals surface area contributed by atoms with Crippen LogP contribution in [0.4, 0.5) is 10.2 Å². The Morgan fingerprint density at radius 3 is 2.42 bits per heavy atom. The van der Waals surface area contributed by atoms with Gasteiger partial charge in [-0.25, -0.2) is 9.07 Å². The van der Waals surface area contributed by atoms with Crippen molar-refractivity contribution in [3.8, 4) is 5.69 Å². The topological polar surface area (TPSA) is 46.9 Å². The minimum absolute atomic E-state index is 0.00963. The van der Waals surface area contributed by atoms with Crippen molar-refractivity contribution >= 4 is 11.7 Å². The highest BCUT2D eigenvalue weighted by Gasteiger charge is 2.23. The molecule has 26 heavy (non-hydrogen) atoms. The molecule has 1 unspecified atom stereocenters. The highest BCUT2D eigenvalue weighted by Crippen LogP contribution is 2.27. The van der Waals surface area contributed by atoms with E-state index < -0.39 is 0 Å². The Hall–Kier alpha value is -2.17. The zero-order chi connectivity index (χ0) is 19.3. The first-order chi connectivity index (χ1) is 12.3. The molecule has 2 aromatic rings. The average molecular weight is 359 g/mol. The van der Waals surface area contributed by atoms with Gasteiger partial charge in [-0.15, -0.1) is 0 Å². The smallest absolute Gasteiger partial charge is 0.228 e. The Kier molecular flexibility index (Phi) is 6.57. The Morgan fingerprint density at radius 1 is 1.23 bits per heavy atom. The lowest BCUT2D eigenvalue weighted by Gasteiger charge is -2.15. The van der Waals surface area contributed by atoms with E-state index in [1.54, 1.807) is 16.8 Å². The number of benzene rings is 1. The number of aromatic nitrogens is 2. The fourth-order valence-corrected chi connectivity index (χ4v) is 2.82. The van der Waals surface area contributed by atoms with Crippen molar-refractivity contribution in [3.05, 3.63) is 41.8 Å². The monoisotopic (exact) mass is 359 g/mol. The third-order valence-electron chi connectivity index (χ3n) is 4.57. The second-order valence-corrected chi connectivity index (χ2v) is 7.79. The molecule has 0 aliphatic rings. The quantitative estimate of drug-likeness (QED) is 0.713. The van der Waals surface area contributed by atoms with Gasteiger partial charge in [0.25, 0.3) is 0 Å². The molecule has 5 heteroatoms. The van der Waals surface area contributed by atoms with E-state index in [2.05, 4.69) is 38.1 Å². The third-order valence-corrected chi connectivity index (χ3v) is 4.57. The first-order valence-corrected chi connectivity index (χ1v) is 9.43. The second-order valence-electron chi connectivity index (χ2n) is 7.79. The van der Waals surface area contributed by atoms with E-state index in [0.29, 0.717) is 5.82 Å². The lowest BCUT2D eigenvalue weighted by Crippen LogP contribution is -2.23. The maximum Gasteiger partial charge on any atom is 0.228 e. The summed E-state index contributed by atoms with van der Waals surface area (Å²) in [6.45, 7) is 10.4. The average Bonchev–Trinajstić information content (AvgIpc) is 3.00. The Morgan fingerprint density at radius 2 is 1.88 bits per heavy atom. The number of rotatable bonds is 7. The van der Waals surface area contributed by atoms with Crippen LogP contribution in [0.15, 0.2) is 30.3 Å². The van der Waals surface area contributed by atoms with Crippen LogP contribution < -0.4 is 5.32 Å². The number of halogens is 1. The van der Waals surface area contributed by atoms with Gasteiger partial charge in [0.05, 0.1) is 11.4 Å². The van der Waals surface area contributed by atoms with Gasteiger partial charge in [0.2, 0.25) is 5.91 Å². The van der Waals surface area contributed by atoms with Gasteiger partial charge in [0, 0.05) is 17.4 Å². The van der Waals surface area contributed by atoms with Crippen LogP contribution in [0.2, 0.25) is 0 Å². The maximum absolute atomic E-state index is 13.3. The number of amides is 1. The Bertz CT molecular complexity index is 729. The molecule has 0 aliphatic heterocycles. The summed E-state index contributed by atoms with van der Waals surface area (Å²) < 4.78 is 15.0. The van der Waals surface area contributed by atoms with Crippen molar-refractivity contribution in [2.24, 2.45) is 5.92 Å². The van der Waals surface area contributed by atoms with Crippen molar-refractivity contribution in [2.45, 2.75) is 65.7 Å². The van der Waals surface area contributed by atoms with Gasteiger partial charge >= 0.3 is 0 Å². The number of carbonyl (C=O) groups excluding carboxylic acids is 1. The number of hydrogen-bond donors (Lipinski definition) is 1. The number of nitrogens with zero attached hydrogens (tertiary/aromatic N) is 2. The summed E-state index contributed by atoms with van der Waals surface area (Å²) in [7, 11) is 0. The second kappa shape index (κ2) is 8.47.